The third-order valence-electron chi connectivity index (χ3n) is 2.63. The topological polar surface area (TPSA) is 68.9 Å². The number of hydrogen-bond acceptors (Lipinski definition) is 3. The van der Waals surface area contributed by atoms with Gasteiger partial charge >= 0.3 is 0 Å². The zero-order valence-corrected chi connectivity index (χ0v) is 12.4. The Morgan fingerprint density at radius 2 is 2.00 bits per heavy atom. The zero-order chi connectivity index (χ0) is 14.0. The minimum atomic E-state index is 0.173. The van der Waals surface area contributed by atoms with Crippen molar-refractivity contribution in [2.75, 3.05) is 26.9 Å². The van der Waals surface area contributed by atoms with Crippen LogP contribution < -0.4 is 11.1 Å². The highest BCUT2D eigenvalue weighted by Crippen LogP contribution is 2.10. The summed E-state index contributed by atoms with van der Waals surface area (Å²) < 4.78 is 10.7. The molecule has 108 valence electrons. The summed E-state index contributed by atoms with van der Waals surface area (Å²) in [6, 6.07) is 0.173. The van der Waals surface area contributed by atoms with Crippen molar-refractivity contribution in [3.8, 4) is 0 Å². The number of nitrogens with two attached hydrogens (primary N) is 1. The van der Waals surface area contributed by atoms with Gasteiger partial charge in [0.2, 0.25) is 0 Å². The van der Waals surface area contributed by atoms with Crippen molar-refractivity contribution in [1.29, 1.82) is 0 Å². The number of rotatable bonds is 9. The Bertz CT molecular complexity index is 232. The fraction of sp³-hybridized carbons (Fsp3) is 0.923. The van der Waals surface area contributed by atoms with Crippen LogP contribution in [0, 0.1) is 5.92 Å². The molecule has 0 bridgehead atoms. The second-order valence-electron chi connectivity index (χ2n) is 4.79. The number of guanidine groups is 1. The molecule has 0 rings (SSSR count). The number of hydrogen-bond donors (Lipinski definition) is 2. The van der Waals surface area contributed by atoms with E-state index in [2.05, 4.69) is 24.2 Å². The minimum absolute atomic E-state index is 0.173. The number of nitrogens with zero attached hydrogens (tertiary/aromatic N) is 1. The van der Waals surface area contributed by atoms with Gasteiger partial charge in [0.05, 0.1) is 12.7 Å². The molecule has 0 saturated heterocycles. The predicted molar refractivity (Wildman–Crippen MR) is 75.8 cm³/mol. The molecule has 0 aromatic carbocycles. The van der Waals surface area contributed by atoms with Crippen LogP contribution in [0.5, 0.6) is 0 Å². The smallest absolute Gasteiger partial charge is 0.188 e. The van der Waals surface area contributed by atoms with Crippen LogP contribution in [0.4, 0.5) is 0 Å². The lowest BCUT2D eigenvalue weighted by molar-refractivity contribution is 0.0266. The lowest BCUT2D eigenvalue weighted by Crippen LogP contribution is -2.40. The molecule has 0 radical (unpaired) electrons. The van der Waals surface area contributed by atoms with Crippen LogP contribution in [0.3, 0.4) is 0 Å². The van der Waals surface area contributed by atoms with E-state index in [-0.39, 0.29) is 12.1 Å². The van der Waals surface area contributed by atoms with E-state index in [1.807, 2.05) is 13.8 Å². The Hall–Kier alpha value is -0.810. The van der Waals surface area contributed by atoms with Crippen LogP contribution in [-0.2, 0) is 9.47 Å². The molecule has 18 heavy (non-hydrogen) atoms. The summed E-state index contributed by atoms with van der Waals surface area (Å²) in [5.41, 5.74) is 5.78. The molecule has 2 atom stereocenters. The van der Waals surface area contributed by atoms with Crippen molar-refractivity contribution < 1.29 is 9.47 Å². The number of aliphatic imine (C=N–C) groups is 1. The summed E-state index contributed by atoms with van der Waals surface area (Å²) in [4.78, 5) is 4.30. The van der Waals surface area contributed by atoms with Crippen molar-refractivity contribution in [3.05, 3.63) is 0 Å². The highest BCUT2D eigenvalue weighted by atomic mass is 16.5. The standard InChI is InChI=1S/C13H29N3O2/c1-6-18-12(10(2)3)7-8-15-13(14)16-11(4)9-17-5/h10-12H,6-9H2,1-5H3,(H3,14,15,16). The summed E-state index contributed by atoms with van der Waals surface area (Å²) in [5, 5.41) is 3.08. The molecule has 0 aliphatic carbocycles. The average molecular weight is 259 g/mol. The molecule has 2 unspecified atom stereocenters. The lowest BCUT2D eigenvalue weighted by Gasteiger charge is -2.20. The molecule has 5 nitrogen and oxygen atoms in total. The SMILES string of the molecule is CCOC(CCN=C(N)NC(C)COC)C(C)C. The Morgan fingerprint density at radius 1 is 1.33 bits per heavy atom. The maximum Gasteiger partial charge on any atom is 0.188 e. The molecule has 0 heterocycles. The summed E-state index contributed by atoms with van der Waals surface area (Å²) in [7, 11) is 1.67. The summed E-state index contributed by atoms with van der Waals surface area (Å²) in [6.45, 7) is 10.4. The number of ether oxygens (including phenoxy) is 2. The molecular formula is C13H29N3O2. The molecule has 0 aromatic rings. The monoisotopic (exact) mass is 259 g/mol. The maximum atomic E-state index is 5.78. The fourth-order valence-corrected chi connectivity index (χ4v) is 1.73. The molecule has 3 N–H and O–H groups in total. The predicted octanol–water partition coefficient (Wildman–Crippen LogP) is 1.38. The molecule has 0 saturated carbocycles. The third kappa shape index (κ3) is 8.31. The zero-order valence-electron chi connectivity index (χ0n) is 12.4. The van der Waals surface area contributed by atoms with Gasteiger partial charge in [0.1, 0.15) is 0 Å². The van der Waals surface area contributed by atoms with Gasteiger partial charge in [-0.15, -0.1) is 0 Å². The average Bonchev–Trinajstić information content (AvgIpc) is 2.27. The normalized spacial score (nSPS) is 15.8. The molecular weight excluding hydrogens is 230 g/mol. The first-order chi connectivity index (χ1) is 8.51. The first-order valence-electron chi connectivity index (χ1n) is 6.68. The molecule has 0 aromatic heterocycles. The van der Waals surface area contributed by atoms with E-state index < -0.39 is 0 Å². The van der Waals surface area contributed by atoms with Crippen LogP contribution in [0.25, 0.3) is 0 Å². The van der Waals surface area contributed by atoms with Crippen LogP contribution in [-0.4, -0.2) is 45.0 Å². The Balaban J connectivity index is 3.97. The van der Waals surface area contributed by atoms with Gasteiger partial charge in [-0.3, -0.25) is 4.99 Å². The second-order valence-corrected chi connectivity index (χ2v) is 4.79. The van der Waals surface area contributed by atoms with Gasteiger partial charge in [0, 0.05) is 26.3 Å². The second kappa shape index (κ2) is 10.1. The van der Waals surface area contributed by atoms with Gasteiger partial charge in [-0.1, -0.05) is 13.8 Å². The number of nitrogens with one attached hydrogen (secondary N) is 1. The summed E-state index contributed by atoms with van der Waals surface area (Å²) >= 11 is 0. The molecule has 0 fully saturated rings. The van der Waals surface area contributed by atoms with Crippen LogP contribution >= 0.6 is 0 Å². The summed E-state index contributed by atoms with van der Waals surface area (Å²) in [5.74, 6) is 0.973. The Morgan fingerprint density at radius 3 is 2.50 bits per heavy atom. The van der Waals surface area contributed by atoms with E-state index in [9.17, 15) is 0 Å². The van der Waals surface area contributed by atoms with E-state index in [1.165, 1.54) is 0 Å². The molecule has 0 aliphatic rings. The quantitative estimate of drug-likeness (QED) is 0.485. The van der Waals surface area contributed by atoms with Crippen molar-refractivity contribution >= 4 is 5.96 Å². The van der Waals surface area contributed by atoms with E-state index in [1.54, 1.807) is 7.11 Å². The Labute approximate surface area is 111 Å². The van der Waals surface area contributed by atoms with E-state index in [0.717, 1.165) is 13.0 Å². The van der Waals surface area contributed by atoms with Gasteiger partial charge in [-0.2, -0.15) is 0 Å². The molecule has 0 amide bonds. The first kappa shape index (κ1) is 17.2. The van der Waals surface area contributed by atoms with E-state index >= 15 is 0 Å². The third-order valence-corrected chi connectivity index (χ3v) is 2.63. The molecule has 0 spiro atoms. The van der Waals surface area contributed by atoms with Crippen LogP contribution in [0.15, 0.2) is 4.99 Å². The highest BCUT2D eigenvalue weighted by Gasteiger charge is 2.12. The number of methoxy groups -OCH3 is 1. The lowest BCUT2D eigenvalue weighted by atomic mass is 10.0. The summed E-state index contributed by atoms with van der Waals surface area (Å²) in [6.07, 6.45) is 1.15. The first-order valence-corrected chi connectivity index (χ1v) is 6.68. The molecule has 0 aliphatic heterocycles. The molecule has 5 heteroatoms. The van der Waals surface area contributed by atoms with Crippen LogP contribution in [0.1, 0.15) is 34.1 Å². The fourth-order valence-electron chi connectivity index (χ4n) is 1.73. The van der Waals surface area contributed by atoms with Crippen LogP contribution in [0.2, 0.25) is 0 Å². The van der Waals surface area contributed by atoms with Crippen molar-refractivity contribution in [1.82, 2.24) is 5.32 Å². The van der Waals surface area contributed by atoms with E-state index in [0.29, 0.717) is 25.0 Å². The van der Waals surface area contributed by atoms with E-state index in [4.69, 9.17) is 15.2 Å². The van der Waals surface area contributed by atoms with Crippen molar-refractivity contribution in [2.45, 2.75) is 46.3 Å². The largest absolute Gasteiger partial charge is 0.383 e. The van der Waals surface area contributed by atoms with Gasteiger partial charge in [0.25, 0.3) is 0 Å². The van der Waals surface area contributed by atoms with Crippen molar-refractivity contribution in [3.63, 3.8) is 0 Å². The highest BCUT2D eigenvalue weighted by molar-refractivity contribution is 5.78. The van der Waals surface area contributed by atoms with Gasteiger partial charge in [0.15, 0.2) is 5.96 Å². The maximum absolute atomic E-state index is 5.78. The Kier molecular flexibility index (Phi) is 9.69. The van der Waals surface area contributed by atoms with Gasteiger partial charge in [-0.05, 0) is 26.2 Å². The van der Waals surface area contributed by atoms with Gasteiger partial charge in [-0.25, -0.2) is 0 Å². The van der Waals surface area contributed by atoms with Crippen molar-refractivity contribution in [2.24, 2.45) is 16.6 Å². The van der Waals surface area contributed by atoms with Gasteiger partial charge < -0.3 is 20.5 Å². The minimum Gasteiger partial charge on any atom is -0.383 e.